The Hall–Kier alpha value is -2.63. The Morgan fingerprint density at radius 1 is 1.07 bits per heavy atom. The molecule has 28 heavy (non-hydrogen) atoms. The molecule has 5 nitrogen and oxygen atoms in total. The molecule has 1 aliphatic rings. The van der Waals surface area contributed by atoms with Crippen LogP contribution in [0.3, 0.4) is 0 Å². The molecule has 0 spiro atoms. The summed E-state index contributed by atoms with van der Waals surface area (Å²) in [6, 6.07) is 18.2. The molecule has 0 bridgehead atoms. The molecule has 148 valence electrons. The van der Waals surface area contributed by atoms with Crippen molar-refractivity contribution in [2.24, 2.45) is 0 Å². The molecule has 0 unspecified atom stereocenters. The Morgan fingerprint density at radius 3 is 2.46 bits per heavy atom. The smallest absolute Gasteiger partial charge is 0.318 e. The highest BCUT2D eigenvalue weighted by atomic mass is 16.5. The van der Waals surface area contributed by atoms with Gasteiger partial charge in [-0.15, -0.1) is 6.58 Å². The molecule has 0 saturated carbocycles. The predicted molar refractivity (Wildman–Crippen MR) is 112 cm³/mol. The quantitative estimate of drug-likeness (QED) is 0.715. The maximum atomic E-state index is 12.8. The molecule has 0 atom stereocenters. The molecular formula is C23H29N3O2. The van der Waals surface area contributed by atoms with Crippen molar-refractivity contribution >= 4 is 6.03 Å². The zero-order chi connectivity index (χ0) is 19.6. The van der Waals surface area contributed by atoms with Crippen molar-refractivity contribution in [1.29, 1.82) is 0 Å². The van der Waals surface area contributed by atoms with Crippen molar-refractivity contribution in [3.05, 3.63) is 83.9 Å². The van der Waals surface area contributed by atoms with E-state index in [-0.39, 0.29) is 6.03 Å². The van der Waals surface area contributed by atoms with E-state index < -0.39 is 0 Å². The first-order chi connectivity index (χ1) is 13.8. The van der Waals surface area contributed by atoms with Crippen LogP contribution in [0.25, 0.3) is 0 Å². The lowest BCUT2D eigenvalue weighted by Gasteiger charge is -2.27. The summed E-state index contributed by atoms with van der Waals surface area (Å²) in [5.41, 5.74) is 3.51. The first-order valence-corrected chi connectivity index (χ1v) is 9.80. The van der Waals surface area contributed by atoms with Gasteiger partial charge in [0, 0.05) is 39.3 Å². The number of morpholine rings is 1. The van der Waals surface area contributed by atoms with Gasteiger partial charge in [-0.05, 0) is 16.7 Å². The number of hydrogen-bond acceptors (Lipinski definition) is 3. The molecule has 1 aliphatic heterocycles. The molecule has 1 heterocycles. The van der Waals surface area contributed by atoms with Crippen molar-refractivity contribution < 1.29 is 9.53 Å². The number of amides is 2. The summed E-state index contributed by atoms with van der Waals surface area (Å²) in [6.07, 6.45) is 1.76. The minimum atomic E-state index is -0.0788. The minimum Gasteiger partial charge on any atom is -0.379 e. The summed E-state index contributed by atoms with van der Waals surface area (Å²) in [6.45, 7) is 9.73. The van der Waals surface area contributed by atoms with Crippen LogP contribution in [0.5, 0.6) is 0 Å². The van der Waals surface area contributed by atoms with E-state index in [1.54, 1.807) is 11.0 Å². The van der Waals surface area contributed by atoms with Gasteiger partial charge < -0.3 is 15.0 Å². The molecular weight excluding hydrogens is 350 g/mol. The van der Waals surface area contributed by atoms with Crippen LogP contribution in [0.15, 0.2) is 67.3 Å². The largest absolute Gasteiger partial charge is 0.379 e. The van der Waals surface area contributed by atoms with Gasteiger partial charge in [0.05, 0.1) is 13.2 Å². The summed E-state index contributed by atoms with van der Waals surface area (Å²) >= 11 is 0. The van der Waals surface area contributed by atoms with Crippen LogP contribution in [0.1, 0.15) is 16.7 Å². The number of carbonyl (C=O) groups excluding carboxylic acids is 1. The van der Waals surface area contributed by atoms with Gasteiger partial charge in [0.25, 0.3) is 0 Å². The van der Waals surface area contributed by atoms with Crippen LogP contribution in [0.2, 0.25) is 0 Å². The summed E-state index contributed by atoms with van der Waals surface area (Å²) in [5.74, 6) is 0. The molecule has 1 saturated heterocycles. The molecule has 0 radical (unpaired) electrons. The number of nitrogens with zero attached hydrogens (tertiary/aromatic N) is 2. The van der Waals surface area contributed by atoms with E-state index in [9.17, 15) is 4.79 Å². The lowest BCUT2D eigenvalue weighted by Crippen LogP contribution is -2.39. The van der Waals surface area contributed by atoms with Crippen molar-refractivity contribution in [2.75, 3.05) is 32.8 Å². The van der Waals surface area contributed by atoms with Crippen LogP contribution in [-0.2, 0) is 24.4 Å². The fourth-order valence-electron chi connectivity index (χ4n) is 3.35. The van der Waals surface area contributed by atoms with Gasteiger partial charge in [-0.3, -0.25) is 4.90 Å². The monoisotopic (exact) mass is 379 g/mol. The van der Waals surface area contributed by atoms with Gasteiger partial charge >= 0.3 is 6.03 Å². The molecule has 0 aliphatic carbocycles. The Bertz CT molecular complexity index is 757. The van der Waals surface area contributed by atoms with Crippen LogP contribution in [-0.4, -0.2) is 48.7 Å². The second kappa shape index (κ2) is 10.6. The molecule has 5 heteroatoms. The summed E-state index contributed by atoms with van der Waals surface area (Å²) < 4.78 is 5.43. The van der Waals surface area contributed by atoms with E-state index in [1.165, 1.54) is 5.56 Å². The van der Waals surface area contributed by atoms with Crippen LogP contribution in [0.4, 0.5) is 4.79 Å². The van der Waals surface area contributed by atoms with Crippen molar-refractivity contribution in [3.8, 4) is 0 Å². The number of ether oxygens (including phenoxy) is 1. The molecule has 2 amide bonds. The maximum absolute atomic E-state index is 12.8. The zero-order valence-electron chi connectivity index (χ0n) is 16.3. The third-order valence-electron chi connectivity index (χ3n) is 4.90. The molecule has 2 aromatic rings. The third-order valence-corrected chi connectivity index (χ3v) is 4.90. The summed E-state index contributed by atoms with van der Waals surface area (Å²) in [5, 5.41) is 3.08. The Kier molecular flexibility index (Phi) is 7.64. The van der Waals surface area contributed by atoms with Crippen LogP contribution < -0.4 is 5.32 Å². The number of carbonyl (C=O) groups is 1. The minimum absolute atomic E-state index is 0.0788. The van der Waals surface area contributed by atoms with Gasteiger partial charge in [-0.2, -0.15) is 0 Å². The van der Waals surface area contributed by atoms with E-state index in [4.69, 9.17) is 4.74 Å². The summed E-state index contributed by atoms with van der Waals surface area (Å²) in [7, 11) is 0. The van der Waals surface area contributed by atoms with Crippen molar-refractivity contribution in [1.82, 2.24) is 15.1 Å². The van der Waals surface area contributed by atoms with E-state index in [0.29, 0.717) is 19.6 Å². The van der Waals surface area contributed by atoms with Gasteiger partial charge in [0.15, 0.2) is 0 Å². The highest BCUT2D eigenvalue weighted by Gasteiger charge is 2.15. The average molecular weight is 380 g/mol. The number of hydrogen-bond donors (Lipinski definition) is 1. The zero-order valence-corrected chi connectivity index (χ0v) is 16.3. The van der Waals surface area contributed by atoms with Gasteiger partial charge in [-0.25, -0.2) is 4.79 Å². The molecule has 3 rings (SSSR count). The Balaban J connectivity index is 1.60. The highest BCUT2D eigenvalue weighted by Crippen LogP contribution is 2.13. The van der Waals surface area contributed by atoms with Crippen molar-refractivity contribution in [3.63, 3.8) is 0 Å². The SMILES string of the molecule is C=CCN(Cc1ccccc1)C(=O)NCc1ccccc1CN1CCOCC1. The second-order valence-corrected chi connectivity index (χ2v) is 6.97. The van der Waals surface area contributed by atoms with E-state index in [0.717, 1.165) is 44.0 Å². The first kappa shape index (κ1) is 20.1. The predicted octanol–water partition coefficient (Wildman–Crippen LogP) is 3.42. The number of nitrogens with one attached hydrogen (secondary N) is 1. The average Bonchev–Trinajstić information content (AvgIpc) is 2.74. The topological polar surface area (TPSA) is 44.8 Å². The molecule has 1 fully saturated rings. The fourth-order valence-corrected chi connectivity index (χ4v) is 3.35. The number of urea groups is 1. The van der Waals surface area contributed by atoms with E-state index >= 15 is 0 Å². The normalized spacial score (nSPS) is 14.4. The van der Waals surface area contributed by atoms with Crippen LogP contribution >= 0.6 is 0 Å². The number of rotatable bonds is 8. The Labute approximate surface area is 167 Å². The van der Waals surface area contributed by atoms with Gasteiger partial charge in [0.2, 0.25) is 0 Å². The lowest BCUT2D eigenvalue weighted by molar-refractivity contribution is 0.0341. The fraction of sp³-hybridized carbons (Fsp3) is 0.348. The number of benzene rings is 2. The van der Waals surface area contributed by atoms with Gasteiger partial charge in [-0.1, -0.05) is 60.7 Å². The second-order valence-electron chi connectivity index (χ2n) is 6.97. The molecule has 0 aromatic heterocycles. The molecule has 1 N–H and O–H groups in total. The van der Waals surface area contributed by atoms with Crippen molar-refractivity contribution in [2.45, 2.75) is 19.6 Å². The molecule has 2 aromatic carbocycles. The van der Waals surface area contributed by atoms with Gasteiger partial charge in [0.1, 0.15) is 0 Å². The lowest BCUT2D eigenvalue weighted by atomic mass is 10.1. The van der Waals surface area contributed by atoms with E-state index in [1.807, 2.05) is 36.4 Å². The van der Waals surface area contributed by atoms with E-state index in [2.05, 4.69) is 35.0 Å². The standard InChI is InChI=1S/C23H29N3O2/c1-2-12-26(18-20-8-4-3-5-9-20)23(27)24-17-21-10-6-7-11-22(21)19-25-13-15-28-16-14-25/h2-11H,1,12-19H2,(H,24,27). The third kappa shape index (κ3) is 5.94. The Morgan fingerprint density at radius 2 is 1.75 bits per heavy atom. The van der Waals surface area contributed by atoms with Crippen LogP contribution in [0, 0.1) is 0 Å². The summed E-state index contributed by atoms with van der Waals surface area (Å²) in [4.78, 5) is 16.9. The highest BCUT2D eigenvalue weighted by molar-refractivity contribution is 5.74. The maximum Gasteiger partial charge on any atom is 0.318 e. The first-order valence-electron chi connectivity index (χ1n) is 9.80.